The Balaban J connectivity index is 2.38. The molecule has 0 saturated heterocycles. The first-order chi connectivity index (χ1) is 8.19. The van der Waals surface area contributed by atoms with Crippen LogP contribution in [0.4, 0.5) is 5.69 Å². The van der Waals surface area contributed by atoms with E-state index in [0.29, 0.717) is 24.5 Å². The highest BCUT2D eigenvalue weighted by Gasteiger charge is 2.13. The summed E-state index contributed by atoms with van der Waals surface area (Å²) < 4.78 is 1.67. The van der Waals surface area contributed by atoms with Gasteiger partial charge in [-0.05, 0) is 13.3 Å². The molecule has 0 aliphatic rings. The Morgan fingerprint density at radius 2 is 2.18 bits per heavy atom. The normalized spacial score (nSPS) is 10.5. The Morgan fingerprint density at radius 3 is 2.76 bits per heavy atom. The number of aromatic nitrogens is 2. The van der Waals surface area contributed by atoms with Gasteiger partial charge in [0.2, 0.25) is 0 Å². The summed E-state index contributed by atoms with van der Waals surface area (Å²) in [6.45, 7) is 5.53. The largest absolute Gasteiger partial charge is 0.396 e. The van der Waals surface area contributed by atoms with Gasteiger partial charge in [0.15, 0.2) is 5.69 Å². The molecule has 0 fully saturated rings. The lowest BCUT2D eigenvalue weighted by atomic mass is 10.2. The van der Waals surface area contributed by atoms with E-state index < -0.39 is 0 Å². The Morgan fingerprint density at radius 1 is 1.41 bits per heavy atom. The summed E-state index contributed by atoms with van der Waals surface area (Å²) in [6.07, 6.45) is 6.25. The van der Waals surface area contributed by atoms with Gasteiger partial charge in [-0.15, -0.1) is 0 Å². The van der Waals surface area contributed by atoms with E-state index in [4.69, 9.17) is 5.73 Å². The number of nitrogens with one attached hydrogen (secondary N) is 1. The van der Waals surface area contributed by atoms with Crippen molar-refractivity contribution in [2.75, 3.05) is 12.3 Å². The number of nitrogens with two attached hydrogens (primary N) is 1. The average molecular weight is 238 g/mol. The summed E-state index contributed by atoms with van der Waals surface area (Å²) in [7, 11) is 0. The van der Waals surface area contributed by atoms with Crippen LogP contribution in [0.15, 0.2) is 6.20 Å². The van der Waals surface area contributed by atoms with Gasteiger partial charge in [-0.2, -0.15) is 5.10 Å². The minimum absolute atomic E-state index is 0.175. The highest BCUT2D eigenvalue weighted by molar-refractivity contribution is 5.96. The lowest BCUT2D eigenvalue weighted by molar-refractivity contribution is 0.0948. The third-order valence-electron chi connectivity index (χ3n) is 2.64. The predicted octanol–water partition coefficient (Wildman–Crippen LogP) is 1.80. The molecule has 1 aromatic rings. The number of anilines is 1. The SMILES string of the molecule is CCCCCCNC(=O)c1nn(CC)cc1N. The van der Waals surface area contributed by atoms with E-state index >= 15 is 0 Å². The lowest BCUT2D eigenvalue weighted by Crippen LogP contribution is -2.25. The van der Waals surface area contributed by atoms with Crippen molar-refractivity contribution in [1.82, 2.24) is 15.1 Å². The number of nitrogens with zero attached hydrogens (tertiary/aromatic N) is 2. The van der Waals surface area contributed by atoms with Crippen LogP contribution in [0.25, 0.3) is 0 Å². The molecular weight excluding hydrogens is 216 g/mol. The molecule has 0 unspecified atom stereocenters. The van der Waals surface area contributed by atoms with Gasteiger partial charge in [-0.3, -0.25) is 9.48 Å². The zero-order valence-electron chi connectivity index (χ0n) is 10.7. The standard InChI is InChI=1S/C12H22N4O/c1-3-5-6-7-8-14-12(17)11-10(13)9-16(4-2)15-11/h9H,3-8,13H2,1-2H3,(H,14,17). The molecule has 3 N–H and O–H groups in total. The summed E-state index contributed by atoms with van der Waals surface area (Å²) >= 11 is 0. The number of carbonyl (C=O) groups excluding carboxylic acids is 1. The highest BCUT2D eigenvalue weighted by Crippen LogP contribution is 2.08. The molecule has 0 aliphatic carbocycles. The van der Waals surface area contributed by atoms with E-state index in [2.05, 4.69) is 17.3 Å². The van der Waals surface area contributed by atoms with Crippen LogP contribution in [0.5, 0.6) is 0 Å². The first-order valence-electron chi connectivity index (χ1n) is 6.30. The zero-order valence-corrected chi connectivity index (χ0v) is 10.7. The molecule has 0 atom stereocenters. The Kier molecular flexibility index (Phi) is 5.52. The van der Waals surface area contributed by atoms with Crippen molar-refractivity contribution in [3.8, 4) is 0 Å². The van der Waals surface area contributed by atoms with Gasteiger partial charge in [0, 0.05) is 19.3 Å². The van der Waals surface area contributed by atoms with Gasteiger partial charge in [0.25, 0.3) is 5.91 Å². The van der Waals surface area contributed by atoms with Crippen molar-refractivity contribution in [1.29, 1.82) is 0 Å². The molecule has 5 heteroatoms. The van der Waals surface area contributed by atoms with E-state index in [9.17, 15) is 4.79 Å². The van der Waals surface area contributed by atoms with Crippen molar-refractivity contribution in [3.63, 3.8) is 0 Å². The van der Waals surface area contributed by atoms with Gasteiger partial charge in [0.05, 0.1) is 5.69 Å². The molecule has 1 heterocycles. The van der Waals surface area contributed by atoms with E-state index in [1.54, 1.807) is 10.9 Å². The predicted molar refractivity (Wildman–Crippen MR) is 68.8 cm³/mol. The third kappa shape index (κ3) is 4.09. The van der Waals surface area contributed by atoms with Crippen LogP contribution in [0.2, 0.25) is 0 Å². The Bertz CT molecular complexity index is 359. The molecule has 1 rings (SSSR count). The fourth-order valence-corrected chi connectivity index (χ4v) is 1.61. The smallest absolute Gasteiger partial charge is 0.273 e. The Hall–Kier alpha value is -1.52. The molecule has 0 spiro atoms. The molecule has 17 heavy (non-hydrogen) atoms. The van der Waals surface area contributed by atoms with Crippen molar-refractivity contribution in [2.24, 2.45) is 0 Å². The van der Waals surface area contributed by atoms with Crippen molar-refractivity contribution < 1.29 is 4.79 Å². The fourth-order valence-electron chi connectivity index (χ4n) is 1.61. The number of rotatable bonds is 7. The summed E-state index contributed by atoms with van der Waals surface area (Å²) in [6, 6.07) is 0. The Labute approximate surface area is 102 Å². The molecule has 0 aromatic carbocycles. The maximum Gasteiger partial charge on any atom is 0.273 e. The van der Waals surface area contributed by atoms with Gasteiger partial charge in [-0.1, -0.05) is 26.2 Å². The molecule has 0 bridgehead atoms. The zero-order chi connectivity index (χ0) is 12.7. The van der Waals surface area contributed by atoms with E-state index in [-0.39, 0.29) is 5.91 Å². The van der Waals surface area contributed by atoms with Crippen LogP contribution in [-0.4, -0.2) is 22.2 Å². The number of amides is 1. The highest BCUT2D eigenvalue weighted by atomic mass is 16.1. The second-order valence-corrected chi connectivity index (χ2v) is 4.11. The topological polar surface area (TPSA) is 72.9 Å². The summed E-state index contributed by atoms with van der Waals surface area (Å²) in [5.41, 5.74) is 6.50. The van der Waals surface area contributed by atoms with Gasteiger partial charge in [-0.25, -0.2) is 0 Å². The van der Waals surface area contributed by atoms with Crippen molar-refractivity contribution in [2.45, 2.75) is 46.1 Å². The minimum Gasteiger partial charge on any atom is -0.396 e. The molecule has 5 nitrogen and oxygen atoms in total. The first-order valence-corrected chi connectivity index (χ1v) is 6.30. The monoisotopic (exact) mass is 238 g/mol. The molecule has 0 radical (unpaired) electrons. The summed E-state index contributed by atoms with van der Waals surface area (Å²) in [5, 5.41) is 6.96. The number of hydrogen-bond donors (Lipinski definition) is 2. The molecule has 1 aromatic heterocycles. The van der Waals surface area contributed by atoms with E-state index in [1.165, 1.54) is 12.8 Å². The van der Waals surface area contributed by atoms with E-state index in [1.807, 2.05) is 6.92 Å². The van der Waals surface area contributed by atoms with Crippen LogP contribution in [0.3, 0.4) is 0 Å². The number of unbranched alkanes of at least 4 members (excludes halogenated alkanes) is 3. The van der Waals surface area contributed by atoms with Crippen molar-refractivity contribution in [3.05, 3.63) is 11.9 Å². The molecule has 96 valence electrons. The maximum atomic E-state index is 11.8. The number of hydrogen-bond acceptors (Lipinski definition) is 3. The second kappa shape index (κ2) is 6.93. The van der Waals surface area contributed by atoms with Crippen molar-refractivity contribution >= 4 is 11.6 Å². The first kappa shape index (κ1) is 13.5. The second-order valence-electron chi connectivity index (χ2n) is 4.11. The summed E-state index contributed by atoms with van der Waals surface area (Å²) in [4.78, 5) is 11.8. The van der Waals surface area contributed by atoms with Crippen LogP contribution in [-0.2, 0) is 6.54 Å². The molecule has 1 amide bonds. The lowest BCUT2D eigenvalue weighted by Gasteiger charge is -2.03. The van der Waals surface area contributed by atoms with Crippen LogP contribution in [0.1, 0.15) is 50.0 Å². The average Bonchev–Trinajstić information content (AvgIpc) is 2.70. The number of carbonyl (C=O) groups is 1. The van der Waals surface area contributed by atoms with Gasteiger partial charge < -0.3 is 11.1 Å². The third-order valence-corrected chi connectivity index (χ3v) is 2.64. The number of nitrogen functional groups attached to an aromatic ring is 1. The summed E-state index contributed by atoms with van der Waals surface area (Å²) in [5.74, 6) is -0.175. The van der Waals surface area contributed by atoms with Crippen LogP contribution in [0, 0.1) is 0 Å². The van der Waals surface area contributed by atoms with Gasteiger partial charge in [0.1, 0.15) is 0 Å². The van der Waals surface area contributed by atoms with Gasteiger partial charge >= 0.3 is 0 Å². The maximum absolute atomic E-state index is 11.8. The quantitative estimate of drug-likeness (QED) is 0.711. The number of aryl methyl sites for hydroxylation is 1. The minimum atomic E-state index is -0.175. The van der Waals surface area contributed by atoms with Crippen LogP contribution >= 0.6 is 0 Å². The van der Waals surface area contributed by atoms with Crippen LogP contribution < -0.4 is 11.1 Å². The molecule has 0 saturated carbocycles. The van der Waals surface area contributed by atoms with E-state index in [0.717, 1.165) is 12.8 Å². The molecular formula is C12H22N4O. The fraction of sp³-hybridized carbons (Fsp3) is 0.667. The molecule has 0 aliphatic heterocycles.